The maximum absolute atomic E-state index is 12.1. The van der Waals surface area contributed by atoms with Gasteiger partial charge in [-0.1, -0.05) is 47.0 Å². The molecule has 3 heteroatoms. The highest BCUT2D eigenvalue weighted by Crippen LogP contribution is 2.30. The van der Waals surface area contributed by atoms with Gasteiger partial charge in [0.15, 0.2) is 0 Å². The van der Waals surface area contributed by atoms with Crippen LogP contribution in [0.5, 0.6) is 0 Å². The highest BCUT2D eigenvalue weighted by molar-refractivity contribution is 9.09. The minimum absolute atomic E-state index is 0.150. The zero-order chi connectivity index (χ0) is 15.2. The third kappa shape index (κ3) is 4.84. The molecular weight excluding hydrogens is 326 g/mol. The molecule has 1 aromatic rings. The predicted molar refractivity (Wildman–Crippen MR) is 91.9 cm³/mol. The molecule has 2 nitrogen and oxygen atoms in total. The number of halogens is 1. The lowest BCUT2D eigenvalue weighted by atomic mass is 9.80. The number of carbonyl (C=O) groups excluding carboxylic acids is 1. The molecule has 0 radical (unpaired) electrons. The lowest BCUT2D eigenvalue weighted by Crippen LogP contribution is -2.35. The Labute approximate surface area is 136 Å². The lowest BCUT2D eigenvalue weighted by molar-refractivity contribution is -0.120. The Hall–Kier alpha value is -0.830. The summed E-state index contributed by atoms with van der Waals surface area (Å²) in [7, 11) is 0. The molecule has 1 fully saturated rings. The van der Waals surface area contributed by atoms with E-state index < -0.39 is 0 Å². The van der Waals surface area contributed by atoms with Gasteiger partial charge in [0.1, 0.15) is 0 Å². The van der Waals surface area contributed by atoms with Gasteiger partial charge in [-0.05, 0) is 55.2 Å². The van der Waals surface area contributed by atoms with Crippen molar-refractivity contribution in [3.8, 4) is 0 Å². The van der Waals surface area contributed by atoms with Crippen LogP contribution in [0.1, 0.15) is 42.4 Å². The highest BCUT2D eigenvalue weighted by atomic mass is 79.9. The minimum Gasteiger partial charge on any atom is -0.356 e. The standard InChI is InChI=1S/C18H26BrNO/c1-13-7-8-15(9-14(13)2)10-18(21)20-12-17-6-4-3-5-16(17)11-19/h7-9,16-17H,3-6,10-12H2,1-2H3,(H,20,21). The molecule has 0 aromatic heterocycles. The van der Waals surface area contributed by atoms with Gasteiger partial charge in [-0.15, -0.1) is 0 Å². The van der Waals surface area contributed by atoms with E-state index in [0.717, 1.165) is 23.4 Å². The zero-order valence-electron chi connectivity index (χ0n) is 13.1. The molecule has 21 heavy (non-hydrogen) atoms. The van der Waals surface area contributed by atoms with Gasteiger partial charge in [0.05, 0.1) is 6.42 Å². The fourth-order valence-corrected chi connectivity index (χ4v) is 4.02. The second-order valence-electron chi connectivity index (χ2n) is 6.36. The lowest BCUT2D eigenvalue weighted by Gasteiger charge is -2.30. The van der Waals surface area contributed by atoms with Crippen LogP contribution in [0.2, 0.25) is 0 Å². The predicted octanol–water partition coefficient (Wildman–Crippen LogP) is 4.16. The average Bonchev–Trinajstić information content (AvgIpc) is 2.49. The van der Waals surface area contributed by atoms with Crippen molar-refractivity contribution in [3.63, 3.8) is 0 Å². The number of benzene rings is 1. The molecule has 1 amide bonds. The van der Waals surface area contributed by atoms with Crippen molar-refractivity contribution in [2.45, 2.75) is 46.0 Å². The van der Waals surface area contributed by atoms with Gasteiger partial charge >= 0.3 is 0 Å². The highest BCUT2D eigenvalue weighted by Gasteiger charge is 2.24. The van der Waals surface area contributed by atoms with Gasteiger partial charge < -0.3 is 5.32 Å². The van der Waals surface area contributed by atoms with Crippen LogP contribution in [0.25, 0.3) is 0 Å². The van der Waals surface area contributed by atoms with Crippen LogP contribution < -0.4 is 5.32 Å². The number of hydrogen-bond donors (Lipinski definition) is 1. The van der Waals surface area contributed by atoms with E-state index in [9.17, 15) is 4.79 Å². The molecule has 1 aliphatic carbocycles. The fraction of sp³-hybridized carbons (Fsp3) is 0.611. The van der Waals surface area contributed by atoms with Gasteiger partial charge in [0.2, 0.25) is 5.91 Å². The van der Waals surface area contributed by atoms with Gasteiger partial charge in [0, 0.05) is 11.9 Å². The number of alkyl halides is 1. The average molecular weight is 352 g/mol. The summed E-state index contributed by atoms with van der Waals surface area (Å²) in [4.78, 5) is 12.1. The topological polar surface area (TPSA) is 29.1 Å². The molecule has 0 saturated heterocycles. The monoisotopic (exact) mass is 351 g/mol. The molecule has 0 heterocycles. The van der Waals surface area contributed by atoms with E-state index in [4.69, 9.17) is 0 Å². The van der Waals surface area contributed by atoms with Crippen molar-refractivity contribution in [1.82, 2.24) is 5.32 Å². The summed E-state index contributed by atoms with van der Waals surface area (Å²) in [5.74, 6) is 1.51. The molecule has 1 aromatic carbocycles. The minimum atomic E-state index is 0.150. The zero-order valence-corrected chi connectivity index (χ0v) is 14.7. The first-order valence-corrected chi connectivity index (χ1v) is 9.11. The summed E-state index contributed by atoms with van der Waals surface area (Å²) in [5, 5.41) is 4.20. The quantitative estimate of drug-likeness (QED) is 0.792. The maximum Gasteiger partial charge on any atom is 0.224 e. The Morgan fingerprint density at radius 3 is 2.57 bits per heavy atom. The van der Waals surface area contributed by atoms with Crippen molar-refractivity contribution >= 4 is 21.8 Å². The molecule has 0 spiro atoms. The molecular formula is C18H26BrNO. The Kier molecular flexibility index (Phi) is 6.28. The Bertz CT molecular complexity index is 486. The van der Waals surface area contributed by atoms with E-state index >= 15 is 0 Å². The number of amides is 1. The van der Waals surface area contributed by atoms with Crippen LogP contribution in [-0.4, -0.2) is 17.8 Å². The second-order valence-corrected chi connectivity index (χ2v) is 7.01. The largest absolute Gasteiger partial charge is 0.356 e. The third-order valence-electron chi connectivity index (χ3n) is 4.76. The van der Waals surface area contributed by atoms with E-state index in [1.54, 1.807) is 0 Å². The number of hydrogen-bond acceptors (Lipinski definition) is 1. The van der Waals surface area contributed by atoms with Gasteiger partial charge in [-0.25, -0.2) is 0 Å². The second kappa shape index (κ2) is 7.98. The Morgan fingerprint density at radius 1 is 1.19 bits per heavy atom. The number of rotatable bonds is 5. The Morgan fingerprint density at radius 2 is 1.90 bits per heavy atom. The number of carbonyl (C=O) groups is 1. The SMILES string of the molecule is Cc1ccc(CC(=O)NCC2CCCCC2CBr)cc1C. The third-order valence-corrected chi connectivity index (χ3v) is 5.59. The van der Waals surface area contributed by atoms with E-state index in [0.29, 0.717) is 12.3 Å². The summed E-state index contributed by atoms with van der Waals surface area (Å²) in [6.07, 6.45) is 5.68. The molecule has 1 aliphatic rings. The molecule has 1 N–H and O–H groups in total. The van der Waals surface area contributed by atoms with Crippen LogP contribution in [0.3, 0.4) is 0 Å². The van der Waals surface area contributed by atoms with E-state index in [1.807, 2.05) is 0 Å². The molecule has 1 saturated carbocycles. The molecule has 0 aliphatic heterocycles. The van der Waals surface area contributed by atoms with Crippen LogP contribution in [0.15, 0.2) is 18.2 Å². The maximum atomic E-state index is 12.1. The van der Waals surface area contributed by atoms with E-state index in [-0.39, 0.29) is 5.91 Å². The number of nitrogens with one attached hydrogen (secondary N) is 1. The summed E-state index contributed by atoms with van der Waals surface area (Å²) in [5.41, 5.74) is 3.64. The summed E-state index contributed by atoms with van der Waals surface area (Å²) < 4.78 is 0. The summed E-state index contributed by atoms with van der Waals surface area (Å²) in [6.45, 7) is 5.03. The fourth-order valence-electron chi connectivity index (χ4n) is 3.16. The number of aryl methyl sites for hydroxylation is 2. The van der Waals surface area contributed by atoms with E-state index in [1.165, 1.54) is 36.8 Å². The first kappa shape index (κ1) is 16.5. The van der Waals surface area contributed by atoms with Crippen LogP contribution in [-0.2, 0) is 11.2 Å². The van der Waals surface area contributed by atoms with Crippen molar-refractivity contribution < 1.29 is 4.79 Å². The molecule has 0 bridgehead atoms. The molecule has 2 rings (SSSR count). The van der Waals surface area contributed by atoms with Gasteiger partial charge in [-0.2, -0.15) is 0 Å². The van der Waals surface area contributed by atoms with Crippen LogP contribution >= 0.6 is 15.9 Å². The van der Waals surface area contributed by atoms with Crippen molar-refractivity contribution in [3.05, 3.63) is 34.9 Å². The normalized spacial score (nSPS) is 22.0. The molecule has 2 atom stereocenters. The smallest absolute Gasteiger partial charge is 0.224 e. The van der Waals surface area contributed by atoms with E-state index in [2.05, 4.69) is 53.3 Å². The molecule has 2 unspecified atom stereocenters. The van der Waals surface area contributed by atoms with Crippen LogP contribution in [0, 0.1) is 25.7 Å². The summed E-state index contributed by atoms with van der Waals surface area (Å²) in [6, 6.07) is 6.28. The summed E-state index contributed by atoms with van der Waals surface area (Å²) >= 11 is 3.61. The van der Waals surface area contributed by atoms with Gasteiger partial charge in [-0.3, -0.25) is 4.79 Å². The Balaban J connectivity index is 1.82. The van der Waals surface area contributed by atoms with Crippen molar-refractivity contribution in [2.24, 2.45) is 11.8 Å². The van der Waals surface area contributed by atoms with Crippen molar-refractivity contribution in [1.29, 1.82) is 0 Å². The van der Waals surface area contributed by atoms with Gasteiger partial charge in [0.25, 0.3) is 0 Å². The molecule has 116 valence electrons. The first-order valence-electron chi connectivity index (χ1n) is 7.99. The first-order chi connectivity index (χ1) is 10.1. The van der Waals surface area contributed by atoms with Crippen LogP contribution in [0.4, 0.5) is 0 Å². The van der Waals surface area contributed by atoms with Crippen molar-refractivity contribution in [2.75, 3.05) is 11.9 Å².